The second-order valence-electron chi connectivity index (χ2n) is 3.02. The molecule has 2 aromatic rings. The summed E-state index contributed by atoms with van der Waals surface area (Å²) in [5, 5.41) is 9.37. The average Bonchev–Trinajstić information content (AvgIpc) is 2.27. The number of hydrogen-bond acceptors (Lipinski definition) is 3. The van der Waals surface area contributed by atoms with E-state index < -0.39 is 5.82 Å². The van der Waals surface area contributed by atoms with Crippen LogP contribution in [0.1, 0.15) is 5.56 Å². The van der Waals surface area contributed by atoms with E-state index in [1.807, 2.05) is 6.07 Å². The molecule has 15 heavy (non-hydrogen) atoms. The molecule has 0 aliphatic heterocycles. The molecule has 0 N–H and O–H groups in total. The Morgan fingerprint density at radius 2 is 2.20 bits per heavy atom. The van der Waals surface area contributed by atoms with Gasteiger partial charge in [0.05, 0.1) is 18.2 Å². The molecule has 1 aromatic heterocycles. The van der Waals surface area contributed by atoms with Crippen molar-refractivity contribution in [1.29, 1.82) is 5.26 Å². The van der Waals surface area contributed by atoms with Crippen LogP contribution in [0.2, 0.25) is 0 Å². The van der Waals surface area contributed by atoms with Gasteiger partial charge in [0.2, 0.25) is 0 Å². The van der Waals surface area contributed by atoms with E-state index >= 15 is 0 Å². The molecule has 0 amide bonds. The van der Waals surface area contributed by atoms with Gasteiger partial charge in [-0.25, -0.2) is 4.39 Å². The summed E-state index contributed by atoms with van der Waals surface area (Å²) in [5.74, 6) is -0.304. The first-order valence-corrected chi connectivity index (χ1v) is 4.28. The van der Waals surface area contributed by atoms with E-state index in [-0.39, 0.29) is 5.75 Å². The molecule has 0 spiro atoms. The maximum absolute atomic E-state index is 13.3. The van der Waals surface area contributed by atoms with Crippen LogP contribution in [0.3, 0.4) is 0 Å². The molecule has 2 rings (SSSR count). The van der Waals surface area contributed by atoms with Gasteiger partial charge >= 0.3 is 0 Å². The minimum atomic E-state index is -0.456. The van der Waals surface area contributed by atoms with Crippen LogP contribution in [0.5, 0.6) is 5.75 Å². The van der Waals surface area contributed by atoms with Crippen LogP contribution < -0.4 is 4.74 Å². The fourth-order valence-corrected chi connectivity index (χ4v) is 1.35. The smallest absolute Gasteiger partial charge is 0.167 e. The topological polar surface area (TPSA) is 45.9 Å². The maximum atomic E-state index is 13.3. The van der Waals surface area contributed by atoms with Gasteiger partial charge in [0.25, 0.3) is 0 Å². The van der Waals surface area contributed by atoms with Gasteiger partial charge in [0, 0.05) is 17.6 Å². The molecule has 0 saturated heterocycles. The van der Waals surface area contributed by atoms with Crippen molar-refractivity contribution in [2.24, 2.45) is 0 Å². The van der Waals surface area contributed by atoms with Gasteiger partial charge in [0.15, 0.2) is 11.6 Å². The van der Waals surface area contributed by atoms with Crippen molar-refractivity contribution in [2.75, 3.05) is 7.11 Å². The Labute approximate surface area is 85.7 Å². The molecule has 0 unspecified atom stereocenters. The molecule has 0 saturated carbocycles. The second-order valence-corrected chi connectivity index (χ2v) is 3.02. The van der Waals surface area contributed by atoms with Crippen molar-refractivity contribution in [3.8, 4) is 11.8 Å². The van der Waals surface area contributed by atoms with E-state index in [1.165, 1.54) is 25.4 Å². The molecule has 1 heterocycles. The third-order valence-electron chi connectivity index (χ3n) is 2.08. The van der Waals surface area contributed by atoms with Crippen molar-refractivity contribution >= 4 is 10.9 Å². The normalized spacial score (nSPS) is 9.93. The highest BCUT2D eigenvalue weighted by molar-refractivity contribution is 5.81. The number of pyridine rings is 1. The lowest BCUT2D eigenvalue weighted by Gasteiger charge is -2.03. The monoisotopic (exact) mass is 202 g/mol. The van der Waals surface area contributed by atoms with Crippen LogP contribution in [0.25, 0.3) is 10.9 Å². The first-order valence-electron chi connectivity index (χ1n) is 4.28. The van der Waals surface area contributed by atoms with Crippen molar-refractivity contribution in [2.45, 2.75) is 0 Å². The van der Waals surface area contributed by atoms with Crippen LogP contribution in [0.15, 0.2) is 24.4 Å². The van der Waals surface area contributed by atoms with Gasteiger partial charge in [-0.3, -0.25) is 4.98 Å². The van der Waals surface area contributed by atoms with Gasteiger partial charge in [0.1, 0.15) is 6.07 Å². The molecular weight excluding hydrogens is 195 g/mol. The lowest BCUT2D eigenvalue weighted by Crippen LogP contribution is -1.90. The zero-order chi connectivity index (χ0) is 10.8. The van der Waals surface area contributed by atoms with Crippen molar-refractivity contribution < 1.29 is 9.13 Å². The summed E-state index contributed by atoms with van der Waals surface area (Å²) in [6.45, 7) is 0. The van der Waals surface area contributed by atoms with E-state index in [4.69, 9.17) is 10.00 Å². The Morgan fingerprint density at radius 1 is 1.40 bits per heavy atom. The molecular formula is C11H7FN2O. The average molecular weight is 202 g/mol. The van der Waals surface area contributed by atoms with Gasteiger partial charge in [-0.1, -0.05) is 0 Å². The Hall–Kier alpha value is -2.15. The lowest BCUT2D eigenvalue weighted by atomic mass is 10.1. The van der Waals surface area contributed by atoms with Crippen LogP contribution in [-0.4, -0.2) is 12.1 Å². The number of aromatic nitrogens is 1. The largest absolute Gasteiger partial charge is 0.494 e. The molecule has 0 bridgehead atoms. The summed E-state index contributed by atoms with van der Waals surface area (Å²) in [5.41, 5.74) is 0.948. The van der Waals surface area contributed by atoms with Crippen LogP contribution >= 0.6 is 0 Å². The number of methoxy groups -OCH3 is 1. The molecule has 4 heteroatoms. The van der Waals surface area contributed by atoms with E-state index in [0.29, 0.717) is 16.5 Å². The quantitative estimate of drug-likeness (QED) is 0.712. The number of halogens is 1. The molecule has 3 nitrogen and oxygen atoms in total. The Bertz CT molecular complexity index is 560. The van der Waals surface area contributed by atoms with Crippen molar-refractivity contribution in [3.63, 3.8) is 0 Å². The minimum absolute atomic E-state index is 0.152. The first-order chi connectivity index (χ1) is 7.24. The Balaban J connectivity index is 2.72. The maximum Gasteiger partial charge on any atom is 0.167 e. The van der Waals surface area contributed by atoms with Gasteiger partial charge in [-0.15, -0.1) is 0 Å². The minimum Gasteiger partial charge on any atom is -0.494 e. The number of nitriles is 1. The predicted molar refractivity (Wildman–Crippen MR) is 53.0 cm³/mol. The Kier molecular flexibility index (Phi) is 2.22. The highest BCUT2D eigenvalue weighted by atomic mass is 19.1. The number of hydrogen-bond donors (Lipinski definition) is 0. The van der Waals surface area contributed by atoms with E-state index in [9.17, 15) is 4.39 Å². The third-order valence-corrected chi connectivity index (χ3v) is 2.08. The van der Waals surface area contributed by atoms with Crippen molar-refractivity contribution in [1.82, 2.24) is 4.98 Å². The van der Waals surface area contributed by atoms with Gasteiger partial charge in [-0.05, 0) is 12.1 Å². The molecule has 0 fully saturated rings. The summed E-state index contributed by atoms with van der Waals surface area (Å²) in [4.78, 5) is 3.97. The summed E-state index contributed by atoms with van der Waals surface area (Å²) < 4.78 is 18.1. The van der Waals surface area contributed by atoms with Gasteiger partial charge in [-0.2, -0.15) is 5.26 Å². The van der Waals surface area contributed by atoms with Crippen molar-refractivity contribution in [3.05, 3.63) is 35.8 Å². The zero-order valence-corrected chi connectivity index (χ0v) is 7.99. The SMILES string of the molecule is COc1cc2cc(C#N)cnc2cc1F. The van der Waals surface area contributed by atoms with Gasteiger partial charge < -0.3 is 4.74 Å². The zero-order valence-electron chi connectivity index (χ0n) is 7.99. The summed E-state index contributed by atoms with van der Waals surface area (Å²) >= 11 is 0. The molecule has 74 valence electrons. The second kappa shape index (κ2) is 3.54. The highest BCUT2D eigenvalue weighted by Crippen LogP contribution is 2.23. The fourth-order valence-electron chi connectivity index (χ4n) is 1.35. The number of nitrogens with zero attached hydrogens (tertiary/aromatic N) is 2. The summed E-state index contributed by atoms with van der Waals surface area (Å²) in [6, 6.07) is 6.43. The Morgan fingerprint density at radius 3 is 2.87 bits per heavy atom. The molecule has 1 aromatic carbocycles. The number of ether oxygens (including phenoxy) is 1. The molecule has 0 aliphatic rings. The van der Waals surface area contributed by atoms with Crippen LogP contribution in [-0.2, 0) is 0 Å². The van der Waals surface area contributed by atoms with Crippen LogP contribution in [0.4, 0.5) is 4.39 Å². The molecule has 0 atom stereocenters. The van der Waals surface area contributed by atoms with Crippen LogP contribution in [0, 0.1) is 17.1 Å². The predicted octanol–water partition coefficient (Wildman–Crippen LogP) is 2.25. The van der Waals surface area contributed by atoms with E-state index in [2.05, 4.69) is 4.98 Å². The van der Waals surface area contributed by atoms with E-state index in [1.54, 1.807) is 6.07 Å². The third kappa shape index (κ3) is 1.59. The number of fused-ring (bicyclic) bond motifs is 1. The number of rotatable bonds is 1. The summed E-state index contributed by atoms with van der Waals surface area (Å²) in [7, 11) is 1.39. The molecule has 0 aliphatic carbocycles. The standard InChI is InChI=1S/C11H7FN2O/c1-15-11-3-8-2-7(5-13)6-14-10(8)4-9(11)12/h2-4,6H,1H3. The summed E-state index contributed by atoms with van der Waals surface area (Å²) in [6.07, 6.45) is 1.41. The lowest BCUT2D eigenvalue weighted by molar-refractivity contribution is 0.387. The molecule has 0 radical (unpaired) electrons. The first kappa shape index (κ1) is 9.41. The highest BCUT2D eigenvalue weighted by Gasteiger charge is 2.06. The number of benzene rings is 1. The van der Waals surface area contributed by atoms with E-state index in [0.717, 1.165) is 0 Å². The fraction of sp³-hybridized carbons (Fsp3) is 0.0909.